The summed E-state index contributed by atoms with van der Waals surface area (Å²) in [5.74, 6) is 1.35. The van der Waals surface area contributed by atoms with Crippen LogP contribution in [0.5, 0.6) is 0 Å². The Kier molecular flexibility index (Phi) is 8.10. The summed E-state index contributed by atoms with van der Waals surface area (Å²) in [5.41, 5.74) is 0.593. The molecule has 174 valence electrons. The SMILES string of the molecule is CCCCCCCC(=O)N1CCN(c2cc(C)nc(-c3ccc(C(F)(F)F)cc3)n2)CC1. The average molecular weight is 449 g/mol. The van der Waals surface area contributed by atoms with Crippen LogP contribution < -0.4 is 4.90 Å². The summed E-state index contributed by atoms with van der Waals surface area (Å²) in [6.07, 6.45) is 1.88. The fourth-order valence-electron chi connectivity index (χ4n) is 3.87. The lowest BCUT2D eigenvalue weighted by Gasteiger charge is -2.35. The molecular formula is C24H31F3N4O. The number of rotatable bonds is 8. The summed E-state index contributed by atoms with van der Waals surface area (Å²) in [4.78, 5) is 25.5. The maximum atomic E-state index is 12.8. The number of hydrogen-bond acceptors (Lipinski definition) is 4. The molecule has 1 amide bonds. The second-order valence-corrected chi connectivity index (χ2v) is 8.30. The van der Waals surface area contributed by atoms with Crippen molar-refractivity contribution in [2.45, 2.75) is 58.5 Å². The minimum Gasteiger partial charge on any atom is -0.353 e. The van der Waals surface area contributed by atoms with Crippen LogP contribution in [-0.2, 0) is 11.0 Å². The highest BCUT2D eigenvalue weighted by Crippen LogP contribution is 2.30. The van der Waals surface area contributed by atoms with Crippen LogP contribution in [0.1, 0.15) is 56.7 Å². The van der Waals surface area contributed by atoms with E-state index < -0.39 is 11.7 Å². The molecule has 0 aliphatic carbocycles. The van der Waals surface area contributed by atoms with E-state index >= 15 is 0 Å². The zero-order valence-corrected chi connectivity index (χ0v) is 18.8. The summed E-state index contributed by atoms with van der Waals surface area (Å²) < 4.78 is 38.5. The molecule has 0 N–H and O–H groups in total. The van der Waals surface area contributed by atoms with Crippen LogP contribution in [-0.4, -0.2) is 47.0 Å². The first-order chi connectivity index (χ1) is 15.3. The van der Waals surface area contributed by atoms with Crippen LogP contribution >= 0.6 is 0 Å². The number of carbonyl (C=O) groups excluding carboxylic acids is 1. The molecule has 1 fully saturated rings. The Morgan fingerprint density at radius 2 is 1.62 bits per heavy atom. The molecule has 5 nitrogen and oxygen atoms in total. The first-order valence-corrected chi connectivity index (χ1v) is 11.3. The molecule has 0 bridgehead atoms. The summed E-state index contributed by atoms with van der Waals surface area (Å²) in [7, 11) is 0. The number of piperazine rings is 1. The van der Waals surface area contributed by atoms with Gasteiger partial charge in [-0.15, -0.1) is 0 Å². The van der Waals surface area contributed by atoms with Crippen molar-refractivity contribution in [1.82, 2.24) is 14.9 Å². The minimum atomic E-state index is -4.37. The topological polar surface area (TPSA) is 49.3 Å². The largest absolute Gasteiger partial charge is 0.416 e. The van der Waals surface area contributed by atoms with E-state index in [0.29, 0.717) is 44.0 Å². The van der Waals surface area contributed by atoms with Gasteiger partial charge >= 0.3 is 6.18 Å². The van der Waals surface area contributed by atoms with Crippen molar-refractivity contribution in [2.24, 2.45) is 0 Å². The highest BCUT2D eigenvalue weighted by atomic mass is 19.4. The molecule has 2 heterocycles. The van der Waals surface area contributed by atoms with Crippen molar-refractivity contribution in [2.75, 3.05) is 31.1 Å². The maximum Gasteiger partial charge on any atom is 0.416 e. The molecule has 0 spiro atoms. The molecule has 0 atom stereocenters. The minimum absolute atomic E-state index is 0.213. The first kappa shape index (κ1) is 24.0. The Bertz CT molecular complexity index is 891. The Balaban J connectivity index is 1.60. The lowest BCUT2D eigenvalue weighted by molar-refractivity contribution is -0.137. The van der Waals surface area contributed by atoms with Gasteiger partial charge < -0.3 is 9.80 Å². The lowest BCUT2D eigenvalue weighted by atomic mass is 10.1. The molecular weight excluding hydrogens is 417 g/mol. The molecule has 1 aliphatic heterocycles. The van der Waals surface area contributed by atoms with Crippen LogP contribution in [0, 0.1) is 6.92 Å². The summed E-state index contributed by atoms with van der Waals surface area (Å²) >= 11 is 0. The third-order valence-electron chi connectivity index (χ3n) is 5.76. The predicted octanol–water partition coefficient (Wildman–Crippen LogP) is 5.48. The summed E-state index contributed by atoms with van der Waals surface area (Å²) in [5, 5.41) is 0. The molecule has 1 saturated heterocycles. The number of halogens is 3. The van der Waals surface area contributed by atoms with Crippen molar-refractivity contribution in [3.63, 3.8) is 0 Å². The van der Waals surface area contributed by atoms with Crippen LogP contribution in [0.2, 0.25) is 0 Å². The van der Waals surface area contributed by atoms with E-state index in [2.05, 4.69) is 21.8 Å². The number of benzene rings is 1. The maximum absolute atomic E-state index is 12.8. The van der Waals surface area contributed by atoms with Gasteiger partial charge in [-0.1, -0.05) is 44.7 Å². The highest BCUT2D eigenvalue weighted by molar-refractivity contribution is 5.76. The van der Waals surface area contributed by atoms with Crippen molar-refractivity contribution in [1.29, 1.82) is 0 Å². The summed E-state index contributed by atoms with van der Waals surface area (Å²) in [6.45, 7) is 6.65. The molecule has 1 aromatic heterocycles. The molecule has 0 unspecified atom stereocenters. The van der Waals surface area contributed by atoms with Crippen LogP contribution in [0.15, 0.2) is 30.3 Å². The van der Waals surface area contributed by atoms with E-state index in [1.807, 2.05) is 17.9 Å². The van der Waals surface area contributed by atoms with Gasteiger partial charge in [-0.2, -0.15) is 13.2 Å². The molecule has 32 heavy (non-hydrogen) atoms. The van der Waals surface area contributed by atoms with Gasteiger partial charge in [0.15, 0.2) is 5.82 Å². The molecule has 3 rings (SSSR count). The third kappa shape index (κ3) is 6.43. The zero-order valence-electron chi connectivity index (χ0n) is 18.8. The summed E-state index contributed by atoms with van der Waals surface area (Å²) in [6, 6.07) is 6.77. The van der Waals surface area contributed by atoms with Crippen molar-refractivity contribution < 1.29 is 18.0 Å². The highest BCUT2D eigenvalue weighted by Gasteiger charge is 2.30. The molecule has 1 aliphatic rings. The number of hydrogen-bond donors (Lipinski definition) is 0. The van der Waals surface area contributed by atoms with E-state index in [9.17, 15) is 18.0 Å². The van der Waals surface area contributed by atoms with Crippen LogP contribution in [0.4, 0.5) is 19.0 Å². The van der Waals surface area contributed by atoms with E-state index in [1.54, 1.807) is 0 Å². The fraction of sp³-hybridized carbons (Fsp3) is 0.542. The second-order valence-electron chi connectivity index (χ2n) is 8.30. The van der Waals surface area contributed by atoms with Crippen molar-refractivity contribution in [3.05, 3.63) is 41.6 Å². The number of anilines is 1. The number of unbranched alkanes of at least 4 members (excludes halogenated alkanes) is 4. The lowest BCUT2D eigenvalue weighted by Crippen LogP contribution is -2.49. The Morgan fingerprint density at radius 3 is 2.25 bits per heavy atom. The molecule has 1 aromatic carbocycles. The molecule has 8 heteroatoms. The van der Waals surface area contributed by atoms with Gasteiger partial charge in [0.05, 0.1) is 5.56 Å². The van der Waals surface area contributed by atoms with Gasteiger partial charge in [-0.05, 0) is 25.5 Å². The number of amides is 1. The van der Waals surface area contributed by atoms with Gasteiger partial charge in [0.1, 0.15) is 5.82 Å². The third-order valence-corrected chi connectivity index (χ3v) is 5.76. The Morgan fingerprint density at radius 1 is 0.969 bits per heavy atom. The average Bonchev–Trinajstić information content (AvgIpc) is 2.78. The van der Waals surface area contributed by atoms with Crippen LogP contribution in [0.25, 0.3) is 11.4 Å². The molecule has 0 saturated carbocycles. The number of carbonyl (C=O) groups is 1. The van der Waals surface area contributed by atoms with Gasteiger partial charge in [-0.25, -0.2) is 9.97 Å². The Hall–Kier alpha value is -2.64. The number of aryl methyl sites for hydroxylation is 1. The monoisotopic (exact) mass is 448 g/mol. The standard InChI is InChI=1S/C24H31F3N4O/c1-3-4-5-6-7-8-22(32)31-15-13-30(14-16-31)21-17-18(2)28-23(29-21)19-9-11-20(12-10-19)24(25,26)27/h9-12,17H,3-8,13-16H2,1-2H3. The Labute approximate surface area is 187 Å². The number of alkyl halides is 3. The van der Waals surface area contributed by atoms with E-state index in [0.717, 1.165) is 36.5 Å². The second kappa shape index (κ2) is 10.8. The van der Waals surface area contributed by atoms with Crippen molar-refractivity contribution >= 4 is 11.7 Å². The normalized spacial score (nSPS) is 14.7. The van der Waals surface area contributed by atoms with Crippen LogP contribution in [0.3, 0.4) is 0 Å². The molecule has 2 aromatic rings. The van der Waals surface area contributed by atoms with E-state index in [4.69, 9.17) is 0 Å². The van der Waals surface area contributed by atoms with Gasteiger partial charge in [-0.3, -0.25) is 4.79 Å². The van der Waals surface area contributed by atoms with Crippen molar-refractivity contribution in [3.8, 4) is 11.4 Å². The first-order valence-electron chi connectivity index (χ1n) is 11.3. The number of nitrogens with zero attached hydrogens (tertiary/aromatic N) is 4. The van der Waals surface area contributed by atoms with Gasteiger partial charge in [0.2, 0.25) is 5.91 Å². The molecule has 0 radical (unpaired) electrons. The van der Waals surface area contributed by atoms with E-state index in [1.165, 1.54) is 31.4 Å². The fourth-order valence-corrected chi connectivity index (χ4v) is 3.87. The van der Waals surface area contributed by atoms with Gasteiger partial charge in [0, 0.05) is 49.9 Å². The number of aromatic nitrogens is 2. The quantitative estimate of drug-likeness (QED) is 0.502. The van der Waals surface area contributed by atoms with Gasteiger partial charge in [0.25, 0.3) is 0 Å². The smallest absolute Gasteiger partial charge is 0.353 e. The predicted molar refractivity (Wildman–Crippen MR) is 119 cm³/mol. The zero-order chi connectivity index (χ0) is 23.1. The van der Waals surface area contributed by atoms with E-state index in [-0.39, 0.29) is 5.91 Å².